The van der Waals surface area contributed by atoms with E-state index in [4.69, 9.17) is 0 Å². The van der Waals surface area contributed by atoms with Crippen LogP contribution in [0.5, 0.6) is 0 Å². The fourth-order valence-electron chi connectivity index (χ4n) is 4.14. The lowest BCUT2D eigenvalue weighted by atomic mass is 9.88. The predicted molar refractivity (Wildman–Crippen MR) is 116 cm³/mol. The van der Waals surface area contributed by atoms with Crippen molar-refractivity contribution in [2.24, 2.45) is 13.0 Å². The molecule has 3 aromatic rings. The highest BCUT2D eigenvalue weighted by Crippen LogP contribution is 2.36. The van der Waals surface area contributed by atoms with Crippen LogP contribution in [0.2, 0.25) is 0 Å². The molecule has 0 radical (unpaired) electrons. The number of aromatic nitrogens is 5. The zero-order valence-electron chi connectivity index (χ0n) is 18.8. The van der Waals surface area contributed by atoms with E-state index >= 15 is 0 Å². The van der Waals surface area contributed by atoms with Gasteiger partial charge in [0.05, 0.1) is 23.7 Å². The Morgan fingerprint density at radius 3 is 2.54 bits per heavy atom. The number of carbonyl (C=O) groups is 1. The first-order valence-electron chi connectivity index (χ1n) is 10.7. The molecule has 0 aromatic carbocycles. The molecule has 1 N–H and O–H groups in total. The Kier molecular flexibility index (Phi) is 6.43. The topological polar surface area (TPSA) is 88.8 Å². The van der Waals surface area contributed by atoms with Gasteiger partial charge in [-0.05, 0) is 24.1 Å². The van der Waals surface area contributed by atoms with Crippen LogP contribution < -0.4 is 5.32 Å². The van der Waals surface area contributed by atoms with Crippen molar-refractivity contribution >= 4 is 11.7 Å². The smallest absolute Gasteiger partial charge is 0.368 e. The average Bonchev–Trinajstić information content (AvgIpc) is 3.19. The predicted octanol–water partition coefficient (Wildman–Crippen LogP) is 3.89. The minimum Gasteiger partial charge on any atom is -0.368 e. The van der Waals surface area contributed by atoms with E-state index in [1.165, 1.54) is 23.3 Å². The van der Waals surface area contributed by atoms with Gasteiger partial charge in [-0.25, -0.2) is 23.7 Å². The monoisotopic (exact) mass is 495 g/mol. The zero-order valence-corrected chi connectivity index (χ0v) is 18.8. The van der Waals surface area contributed by atoms with Gasteiger partial charge in [-0.3, -0.25) is 9.48 Å². The number of alkyl halides is 5. The van der Waals surface area contributed by atoms with Crippen LogP contribution in [0.4, 0.5) is 27.8 Å². The van der Waals surface area contributed by atoms with E-state index in [2.05, 4.69) is 25.4 Å². The maximum Gasteiger partial charge on any atom is 0.417 e. The maximum atomic E-state index is 14.5. The lowest BCUT2D eigenvalue weighted by Gasteiger charge is -2.43. The van der Waals surface area contributed by atoms with Crippen LogP contribution in [0.3, 0.4) is 0 Å². The lowest BCUT2D eigenvalue weighted by molar-refractivity contribution is -0.137. The van der Waals surface area contributed by atoms with Gasteiger partial charge < -0.3 is 10.2 Å². The Morgan fingerprint density at radius 2 is 1.91 bits per heavy atom. The van der Waals surface area contributed by atoms with Crippen LogP contribution in [0, 0.1) is 5.92 Å². The van der Waals surface area contributed by atoms with Crippen molar-refractivity contribution in [1.82, 2.24) is 29.6 Å². The molecule has 1 fully saturated rings. The molecule has 1 aliphatic rings. The molecule has 0 bridgehead atoms. The van der Waals surface area contributed by atoms with Gasteiger partial charge in [0.2, 0.25) is 0 Å². The second-order valence-electron chi connectivity index (χ2n) is 8.49. The number of nitrogens with zero attached hydrogens (tertiary/aromatic N) is 6. The van der Waals surface area contributed by atoms with E-state index in [9.17, 15) is 26.7 Å². The molecule has 1 saturated heterocycles. The Labute approximate surface area is 197 Å². The normalized spacial score (nSPS) is 20.0. The number of hydrogen-bond acceptors (Lipinski definition) is 6. The summed E-state index contributed by atoms with van der Waals surface area (Å²) in [6.45, 7) is 0.777. The van der Waals surface area contributed by atoms with E-state index in [1.54, 1.807) is 20.0 Å². The summed E-state index contributed by atoms with van der Waals surface area (Å²) in [4.78, 5) is 26.6. The van der Waals surface area contributed by atoms with Gasteiger partial charge in [-0.1, -0.05) is 6.92 Å². The summed E-state index contributed by atoms with van der Waals surface area (Å²) in [5.74, 6) is -4.09. The van der Waals surface area contributed by atoms with E-state index in [0.717, 1.165) is 17.0 Å². The van der Waals surface area contributed by atoms with Crippen LogP contribution in [0.25, 0.3) is 11.4 Å². The Morgan fingerprint density at radius 1 is 1.20 bits per heavy atom. The largest absolute Gasteiger partial charge is 0.417 e. The standard InChI is InChI=1S/C22H22F5N7O/c1-13-8-21(23,24)12-34(16(13)10-31-17-5-4-14(9-30-17)22(25,26)27)20(35)18-15(11-33(2)32-18)19-28-6-3-7-29-19/h3-7,9,11,13,16H,8,10,12H2,1-2H3,(H,30,31)/t13-,16-/m1/s1. The van der Waals surface area contributed by atoms with Crippen LogP contribution in [0.15, 0.2) is 43.0 Å². The van der Waals surface area contributed by atoms with Crippen molar-refractivity contribution in [2.45, 2.75) is 31.5 Å². The van der Waals surface area contributed by atoms with Crippen molar-refractivity contribution in [1.29, 1.82) is 0 Å². The molecule has 0 aliphatic carbocycles. The summed E-state index contributed by atoms with van der Waals surface area (Å²) in [5.41, 5.74) is -0.673. The van der Waals surface area contributed by atoms with Gasteiger partial charge in [0.1, 0.15) is 5.82 Å². The molecule has 3 aromatic heterocycles. The zero-order chi connectivity index (χ0) is 25.4. The molecular formula is C22H22F5N7O. The second-order valence-corrected chi connectivity index (χ2v) is 8.49. The van der Waals surface area contributed by atoms with E-state index in [1.807, 2.05) is 0 Å². The molecule has 186 valence electrons. The third kappa shape index (κ3) is 5.38. The van der Waals surface area contributed by atoms with Crippen molar-refractivity contribution in [3.8, 4) is 11.4 Å². The third-order valence-electron chi connectivity index (χ3n) is 5.76. The maximum absolute atomic E-state index is 14.5. The SMILES string of the molecule is C[C@@H]1CC(F)(F)CN(C(=O)c2nn(C)cc2-c2ncccn2)[C@@H]1CNc1ccc(C(F)(F)F)cn1. The summed E-state index contributed by atoms with van der Waals surface area (Å²) >= 11 is 0. The van der Waals surface area contributed by atoms with Crippen molar-refractivity contribution in [2.75, 3.05) is 18.4 Å². The molecule has 0 spiro atoms. The minimum absolute atomic E-state index is 0.00531. The van der Waals surface area contributed by atoms with Gasteiger partial charge in [0, 0.05) is 44.8 Å². The van der Waals surface area contributed by atoms with Crippen LogP contribution in [-0.4, -0.2) is 60.6 Å². The minimum atomic E-state index is -4.53. The molecule has 35 heavy (non-hydrogen) atoms. The molecule has 8 nitrogen and oxygen atoms in total. The molecule has 4 rings (SSSR count). The van der Waals surface area contributed by atoms with Crippen LogP contribution in [-0.2, 0) is 13.2 Å². The number of amides is 1. The van der Waals surface area contributed by atoms with Gasteiger partial charge in [0.25, 0.3) is 11.8 Å². The number of nitrogens with one attached hydrogen (secondary N) is 1. The number of hydrogen-bond donors (Lipinski definition) is 1. The van der Waals surface area contributed by atoms with Gasteiger partial charge in [-0.2, -0.15) is 18.3 Å². The summed E-state index contributed by atoms with van der Waals surface area (Å²) in [7, 11) is 1.59. The van der Waals surface area contributed by atoms with Crippen molar-refractivity contribution < 1.29 is 26.7 Å². The summed E-state index contributed by atoms with van der Waals surface area (Å²) in [6.07, 6.45) is 0.230. The molecule has 1 aliphatic heterocycles. The number of likely N-dealkylation sites (tertiary alicyclic amines) is 1. The molecular weight excluding hydrogens is 473 g/mol. The number of halogens is 5. The first-order chi connectivity index (χ1) is 16.4. The van der Waals surface area contributed by atoms with Gasteiger partial charge in [-0.15, -0.1) is 0 Å². The quantitative estimate of drug-likeness (QED) is 0.541. The van der Waals surface area contributed by atoms with E-state index in [-0.39, 0.29) is 23.9 Å². The number of aryl methyl sites for hydroxylation is 1. The average molecular weight is 495 g/mol. The Balaban J connectivity index is 1.60. The molecule has 4 heterocycles. The summed E-state index contributed by atoms with van der Waals surface area (Å²) in [6, 6.07) is 2.93. The molecule has 13 heteroatoms. The van der Waals surface area contributed by atoms with Crippen LogP contribution in [0.1, 0.15) is 29.4 Å². The number of pyridine rings is 1. The first-order valence-corrected chi connectivity index (χ1v) is 10.7. The molecule has 2 atom stereocenters. The number of carbonyl (C=O) groups excluding carboxylic acids is 1. The van der Waals surface area contributed by atoms with Crippen molar-refractivity contribution in [3.63, 3.8) is 0 Å². The molecule has 1 amide bonds. The van der Waals surface area contributed by atoms with Gasteiger partial charge >= 0.3 is 6.18 Å². The molecule has 0 unspecified atom stereocenters. The first kappa shape index (κ1) is 24.5. The van der Waals surface area contributed by atoms with E-state index < -0.39 is 48.5 Å². The fraction of sp³-hybridized carbons (Fsp3) is 0.409. The number of piperidine rings is 1. The Bertz CT molecular complexity index is 1180. The highest BCUT2D eigenvalue weighted by Gasteiger charge is 2.47. The van der Waals surface area contributed by atoms with Gasteiger partial charge in [0.15, 0.2) is 11.5 Å². The fourth-order valence-corrected chi connectivity index (χ4v) is 4.14. The highest BCUT2D eigenvalue weighted by molar-refractivity contribution is 5.98. The summed E-state index contributed by atoms with van der Waals surface area (Å²) < 4.78 is 68.8. The molecule has 0 saturated carbocycles. The Hall–Kier alpha value is -3.64. The third-order valence-corrected chi connectivity index (χ3v) is 5.76. The number of anilines is 1. The lowest BCUT2D eigenvalue weighted by Crippen LogP contribution is -2.57. The summed E-state index contributed by atoms with van der Waals surface area (Å²) in [5, 5.41) is 7.05. The van der Waals surface area contributed by atoms with Crippen molar-refractivity contribution in [3.05, 3.63) is 54.2 Å². The van der Waals surface area contributed by atoms with E-state index in [0.29, 0.717) is 11.8 Å². The highest BCUT2D eigenvalue weighted by atomic mass is 19.4. The second kappa shape index (κ2) is 9.19. The number of rotatable bonds is 5. The van der Waals surface area contributed by atoms with Crippen LogP contribution >= 0.6 is 0 Å².